The lowest BCUT2D eigenvalue weighted by Crippen LogP contribution is -2.18. The number of carbonyl (C=O) groups excluding carboxylic acids is 2. The predicted molar refractivity (Wildman–Crippen MR) is 117 cm³/mol. The first-order valence-corrected chi connectivity index (χ1v) is 10.5. The number of hydrogen-bond donors (Lipinski definition) is 3. The van der Waals surface area contributed by atoms with Crippen LogP contribution in [0.3, 0.4) is 0 Å². The number of aromatic nitrogens is 3. The van der Waals surface area contributed by atoms with Gasteiger partial charge in [-0.25, -0.2) is 4.39 Å². The molecule has 0 spiro atoms. The summed E-state index contributed by atoms with van der Waals surface area (Å²) in [4.78, 5) is 24.6. The topological polar surface area (TPSA) is 109 Å². The summed E-state index contributed by atoms with van der Waals surface area (Å²) in [7, 11) is 0. The molecule has 0 saturated carbocycles. The summed E-state index contributed by atoms with van der Waals surface area (Å²) in [6.45, 7) is 4.27. The minimum absolute atomic E-state index is 0.00451. The number of halogens is 1. The maximum absolute atomic E-state index is 13.0. The number of benzene rings is 2. The van der Waals surface area contributed by atoms with E-state index in [1.165, 1.54) is 42.1 Å². The number of aromatic hydroxyl groups is 1. The number of hydrogen-bond acceptors (Lipinski definition) is 6. The van der Waals surface area contributed by atoms with Crippen LogP contribution < -0.4 is 10.6 Å². The Morgan fingerprint density at radius 1 is 1.10 bits per heavy atom. The monoisotopic (exact) mass is 443 g/mol. The van der Waals surface area contributed by atoms with E-state index in [0.717, 1.165) is 5.56 Å². The molecule has 0 unspecified atom stereocenters. The number of phenolic OH excluding ortho intramolecular Hbond substituents is 1. The average molecular weight is 444 g/mol. The highest BCUT2D eigenvalue weighted by Crippen LogP contribution is 2.25. The van der Waals surface area contributed by atoms with Crippen molar-refractivity contribution < 1.29 is 19.1 Å². The van der Waals surface area contributed by atoms with Gasteiger partial charge in [-0.2, -0.15) is 0 Å². The van der Waals surface area contributed by atoms with Crippen molar-refractivity contribution in [1.29, 1.82) is 0 Å². The molecule has 1 aromatic heterocycles. The Morgan fingerprint density at radius 3 is 2.55 bits per heavy atom. The molecule has 10 heteroatoms. The number of amides is 2. The molecule has 0 aliphatic carbocycles. The third-order valence-corrected chi connectivity index (χ3v) is 5.28. The second-order valence-electron chi connectivity index (χ2n) is 6.73. The zero-order chi connectivity index (χ0) is 22.4. The van der Waals surface area contributed by atoms with Crippen molar-refractivity contribution in [3.63, 3.8) is 0 Å². The largest absolute Gasteiger partial charge is 0.506 e. The molecule has 8 nitrogen and oxygen atoms in total. The van der Waals surface area contributed by atoms with Gasteiger partial charge in [-0.3, -0.25) is 9.59 Å². The standard InChI is InChI=1S/C21H22FN5O3S/c1-3-27-18(11-19(29)23-15-7-5-14(22)6-8-15)25-26-21(27)31-12-20(30)24-16-10-13(2)4-9-17(16)28/h4-10,28H,3,11-12H2,1-2H3,(H,23,29)(H,24,30). The van der Waals surface area contributed by atoms with Crippen molar-refractivity contribution in [2.75, 3.05) is 16.4 Å². The molecule has 162 valence electrons. The van der Waals surface area contributed by atoms with Crippen molar-refractivity contribution >= 4 is 35.0 Å². The molecule has 2 amide bonds. The van der Waals surface area contributed by atoms with Gasteiger partial charge in [0.1, 0.15) is 17.4 Å². The van der Waals surface area contributed by atoms with Crippen LogP contribution in [0.25, 0.3) is 0 Å². The van der Waals surface area contributed by atoms with Crippen LogP contribution >= 0.6 is 11.8 Å². The minimum Gasteiger partial charge on any atom is -0.506 e. The molecule has 2 aromatic carbocycles. The summed E-state index contributed by atoms with van der Waals surface area (Å²) in [5.74, 6) is -0.471. The fourth-order valence-electron chi connectivity index (χ4n) is 2.82. The smallest absolute Gasteiger partial charge is 0.234 e. The van der Waals surface area contributed by atoms with Crippen molar-refractivity contribution in [3.05, 3.63) is 59.7 Å². The predicted octanol–water partition coefficient (Wildman–Crippen LogP) is 3.36. The van der Waals surface area contributed by atoms with Gasteiger partial charge >= 0.3 is 0 Å². The summed E-state index contributed by atoms with van der Waals surface area (Å²) >= 11 is 1.18. The Balaban J connectivity index is 1.59. The number of carbonyl (C=O) groups is 2. The van der Waals surface area contributed by atoms with Gasteiger partial charge in [-0.05, 0) is 55.8 Å². The molecule has 0 aliphatic rings. The first kappa shape index (κ1) is 22.3. The zero-order valence-corrected chi connectivity index (χ0v) is 17.9. The van der Waals surface area contributed by atoms with E-state index in [-0.39, 0.29) is 35.6 Å². The average Bonchev–Trinajstić information content (AvgIpc) is 3.12. The molecule has 0 saturated heterocycles. The zero-order valence-electron chi connectivity index (χ0n) is 17.1. The van der Waals surface area contributed by atoms with E-state index in [2.05, 4.69) is 20.8 Å². The van der Waals surface area contributed by atoms with Crippen LogP contribution in [0.2, 0.25) is 0 Å². The lowest BCUT2D eigenvalue weighted by Gasteiger charge is -2.09. The molecule has 3 rings (SSSR count). The maximum atomic E-state index is 13.0. The van der Waals surface area contributed by atoms with Crippen LogP contribution in [0.1, 0.15) is 18.3 Å². The Kier molecular flexibility index (Phi) is 7.24. The van der Waals surface area contributed by atoms with Gasteiger partial charge in [0.05, 0.1) is 17.9 Å². The normalized spacial score (nSPS) is 10.7. The maximum Gasteiger partial charge on any atom is 0.234 e. The lowest BCUT2D eigenvalue weighted by molar-refractivity contribution is -0.116. The van der Waals surface area contributed by atoms with Gasteiger partial charge in [-0.1, -0.05) is 17.8 Å². The third-order valence-electron chi connectivity index (χ3n) is 4.31. The first-order chi connectivity index (χ1) is 14.9. The molecule has 0 radical (unpaired) electrons. The number of aryl methyl sites for hydroxylation is 1. The summed E-state index contributed by atoms with van der Waals surface area (Å²) in [6, 6.07) is 10.4. The van der Waals surface area contributed by atoms with Crippen LogP contribution in [0.5, 0.6) is 5.75 Å². The van der Waals surface area contributed by atoms with E-state index >= 15 is 0 Å². The molecule has 3 aromatic rings. The highest BCUT2D eigenvalue weighted by atomic mass is 32.2. The number of thioether (sulfide) groups is 1. The van der Waals surface area contributed by atoms with Gasteiger partial charge in [0, 0.05) is 12.2 Å². The molecular formula is C21H22FN5O3S. The van der Waals surface area contributed by atoms with Crippen molar-refractivity contribution in [2.24, 2.45) is 0 Å². The Hall–Kier alpha value is -3.40. The molecule has 0 fully saturated rings. The van der Waals surface area contributed by atoms with E-state index in [4.69, 9.17) is 0 Å². The number of nitrogens with zero attached hydrogens (tertiary/aromatic N) is 3. The van der Waals surface area contributed by atoms with E-state index in [9.17, 15) is 19.1 Å². The highest BCUT2D eigenvalue weighted by Gasteiger charge is 2.16. The van der Waals surface area contributed by atoms with Gasteiger partial charge in [0.25, 0.3) is 0 Å². The molecule has 1 heterocycles. The van der Waals surface area contributed by atoms with E-state index in [0.29, 0.717) is 28.9 Å². The van der Waals surface area contributed by atoms with Crippen LogP contribution in [0, 0.1) is 12.7 Å². The quantitative estimate of drug-likeness (QED) is 0.364. The van der Waals surface area contributed by atoms with E-state index in [1.807, 2.05) is 13.8 Å². The van der Waals surface area contributed by atoms with Gasteiger partial charge < -0.3 is 20.3 Å². The van der Waals surface area contributed by atoms with E-state index in [1.54, 1.807) is 16.7 Å². The third kappa shape index (κ3) is 6.05. The lowest BCUT2D eigenvalue weighted by atomic mass is 10.2. The summed E-state index contributed by atoms with van der Waals surface area (Å²) in [5, 5.41) is 23.9. The molecule has 0 bridgehead atoms. The Labute approximate surface area is 182 Å². The Morgan fingerprint density at radius 2 is 1.84 bits per heavy atom. The summed E-state index contributed by atoms with van der Waals surface area (Å²) in [5.41, 5.74) is 1.75. The number of rotatable bonds is 8. The van der Waals surface area contributed by atoms with Crippen molar-refractivity contribution in [1.82, 2.24) is 14.8 Å². The Bertz CT molecular complexity index is 1090. The second kappa shape index (κ2) is 10.1. The van der Waals surface area contributed by atoms with Crippen molar-refractivity contribution in [2.45, 2.75) is 32.0 Å². The van der Waals surface area contributed by atoms with Crippen LogP contribution in [0.4, 0.5) is 15.8 Å². The molecule has 0 atom stereocenters. The summed E-state index contributed by atoms with van der Waals surface area (Å²) in [6.07, 6.45) is -0.0118. The fraction of sp³-hybridized carbons (Fsp3) is 0.238. The van der Waals surface area contributed by atoms with Gasteiger partial charge in [0.15, 0.2) is 5.16 Å². The second-order valence-corrected chi connectivity index (χ2v) is 7.67. The number of anilines is 2. The number of phenols is 1. The molecule has 0 aliphatic heterocycles. The first-order valence-electron chi connectivity index (χ1n) is 9.55. The highest BCUT2D eigenvalue weighted by molar-refractivity contribution is 7.99. The summed E-state index contributed by atoms with van der Waals surface area (Å²) < 4.78 is 14.7. The molecule has 3 N–H and O–H groups in total. The van der Waals surface area contributed by atoms with Crippen LogP contribution in [-0.4, -0.2) is 37.4 Å². The molecular weight excluding hydrogens is 421 g/mol. The number of nitrogens with one attached hydrogen (secondary N) is 2. The molecule has 31 heavy (non-hydrogen) atoms. The van der Waals surface area contributed by atoms with E-state index < -0.39 is 0 Å². The van der Waals surface area contributed by atoms with Crippen LogP contribution in [0.15, 0.2) is 47.6 Å². The minimum atomic E-state index is -0.382. The fourth-order valence-corrected chi connectivity index (χ4v) is 3.64. The van der Waals surface area contributed by atoms with Gasteiger partial charge in [0.2, 0.25) is 11.8 Å². The van der Waals surface area contributed by atoms with Crippen LogP contribution in [-0.2, 0) is 22.6 Å². The van der Waals surface area contributed by atoms with Gasteiger partial charge in [-0.15, -0.1) is 10.2 Å². The SMILES string of the molecule is CCn1c(CC(=O)Nc2ccc(F)cc2)nnc1SCC(=O)Nc1cc(C)ccc1O. The van der Waals surface area contributed by atoms with Crippen molar-refractivity contribution in [3.8, 4) is 5.75 Å².